The number of rotatable bonds is 8. The molecule has 0 saturated heterocycles. The maximum atomic E-state index is 12.8. The monoisotopic (exact) mass is 530 g/mol. The van der Waals surface area contributed by atoms with Crippen LogP contribution >= 0.6 is 11.3 Å². The highest BCUT2D eigenvalue weighted by atomic mass is 32.2. The van der Waals surface area contributed by atoms with E-state index in [4.69, 9.17) is 0 Å². The van der Waals surface area contributed by atoms with Gasteiger partial charge in [-0.1, -0.05) is 36.4 Å². The van der Waals surface area contributed by atoms with Gasteiger partial charge in [0.15, 0.2) is 5.78 Å². The highest BCUT2D eigenvalue weighted by Gasteiger charge is 2.20. The van der Waals surface area contributed by atoms with E-state index in [2.05, 4.69) is 15.3 Å². The van der Waals surface area contributed by atoms with Crippen LogP contribution in [0.15, 0.2) is 84.6 Å². The van der Waals surface area contributed by atoms with Crippen LogP contribution in [-0.4, -0.2) is 46.8 Å². The molecule has 0 aliphatic carbocycles. The molecule has 1 N–H and O–H groups in total. The molecule has 3 aromatic heterocycles. The van der Waals surface area contributed by atoms with Gasteiger partial charge in [-0.2, -0.15) is 0 Å². The summed E-state index contributed by atoms with van der Waals surface area (Å²) in [6.07, 6.45) is 5.93. The molecule has 0 fully saturated rings. The van der Waals surface area contributed by atoms with Crippen LogP contribution in [0.25, 0.3) is 33.3 Å². The van der Waals surface area contributed by atoms with Gasteiger partial charge in [-0.05, 0) is 35.4 Å². The summed E-state index contributed by atoms with van der Waals surface area (Å²) in [5.41, 5.74) is 4.42. The number of carbonyl (C=O) groups is 2. The van der Waals surface area contributed by atoms with E-state index in [1.807, 2.05) is 41.8 Å². The van der Waals surface area contributed by atoms with Crippen LogP contribution in [0.3, 0.4) is 0 Å². The molecule has 5 rings (SSSR count). The Hall–Kier alpha value is -4.15. The Morgan fingerprint density at radius 2 is 1.73 bits per heavy atom. The standard InChI is InChI=1S/C27H22N4O4S2/c1-37(34,35)31-16-23(22-7-2-3-8-25(22)31)27(33)29-15-21(32)14-26-30-24(17-36-26)20-6-4-5-19(13-20)18-9-11-28-12-10-18/h2-13,16-17H,14-15H2,1H3,(H,29,33). The molecule has 0 unspecified atom stereocenters. The predicted octanol–water partition coefficient (Wildman–Crippen LogP) is 4.18. The summed E-state index contributed by atoms with van der Waals surface area (Å²) in [7, 11) is -3.59. The Bertz CT molecular complexity index is 1720. The summed E-state index contributed by atoms with van der Waals surface area (Å²) in [6, 6.07) is 18.6. The molecule has 2 aromatic carbocycles. The van der Waals surface area contributed by atoms with Gasteiger partial charge in [0.05, 0.1) is 36.0 Å². The van der Waals surface area contributed by atoms with Crippen molar-refractivity contribution in [3.05, 3.63) is 95.2 Å². The van der Waals surface area contributed by atoms with Gasteiger partial charge in [-0.25, -0.2) is 17.4 Å². The lowest BCUT2D eigenvalue weighted by Crippen LogP contribution is -2.30. The van der Waals surface area contributed by atoms with E-state index in [1.54, 1.807) is 36.7 Å². The van der Waals surface area contributed by atoms with Gasteiger partial charge in [-0.15, -0.1) is 11.3 Å². The molecule has 5 aromatic rings. The van der Waals surface area contributed by atoms with Crippen molar-refractivity contribution in [2.24, 2.45) is 0 Å². The molecule has 10 heteroatoms. The van der Waals surface area contributed by atoms with Gasteiger partial charge in [0.2, 0.25) is 10.0 Å². The molecule has 0 radical (unpaired) electrons. The van der Waals surface area contributed by atoms with Gasteiger partial charge in [0.1, 0.15) is 5.01 Å². The molecule has 3 heterocycles. The summed E-state index contributed by atoms with van der Waals surface area (Å²) < 4.78 is 25.3. The van der Waals surface area contributed by atoms with Gasteiger partial charge >= 0.3 is 0 Å². The van der Waals surface area contributed by atoms with Crippen LogP contribution in [0.2, 0.25) is 0 Å². The second-order valence-electron chi connectivity index (χ2n) is 8.46. The minimum Gasteiger partial charge on any atom is -0.345 e. The maximum Gasteiger partial charge on any atom is 0.253 e. The Morgan fingerprint density at radius 1 is 0.973 bits per heavy atom. The fourth-order valence-electron chi connectivity index (χ4n) is 4.04. The zero-order chi connectivity index (χ0) is 26.0. The van der Waals surface area contributed by atoms with Crippen LogP contribution in [0.5, 0.6) is 0 Å². The number of amides is 1. The Balaban J connectivity index is 1.25. The molecular weight excluding hydrogens is 508 g/mol. The average molecular weight is 531 g/mol. The topological polar surface area (TPSA) is 111 Å². The molecule has 8 nitrogen and oxygen atoms in total. The van der Waals surface area contributed by atoms with Crippen LogP contribution < -0.4 is 5.32 Å². The van der Waals surface area contributed by atoms with Crippen molar-refractivity contribution in [2.75, 3.05) is 12.8 Å². The molecule has 0 bridgehead atoms. The fourth-order valence-corrected chi connectivity index (χ4v) is 5.68. The molecule has 0 aliphatic rings. The lowest BCUT2D eigenvalue weighted by Gasteiger charge is -2.04. The number of nitrogens with one attached hydrogen (secondary N) is 1. The quantitative estimate of drug-likeness (QED) is 0.322. The van der Waals surface area contributed by atoms with Gasteiger partial charge < -0.3 is 5.32 Å². The normalized spacial score (nSPS) is 11.5. The zero-order valence-corrected chi connectivity index (χ0v) is 21.4. The van der Waals surface area contributed by atoms with Crippen molar-refractivity contribution in [3.63, 3.8) is 0 Å². The Kier molecular flexibility index (Phi) is 6.68. The van der Waals surface area contributed by atoms with Crippen molar-refractivity contribution in [1.29, 1.82) is 0 Å². The summed E-state index contributed by atoms with van der Waals surface area (Å²) in [5.74, 6) is -0.716. The number of pyridine rings is 1. The minimum atomic E-state index is -3.59. The van der Waals surface area contributed by atoms with Crippen LogP contribution in [-0.2, 0) is 21.2 Å². The molecule has 37 heavy (non-hydrogen) atoms. The van der Waals surface area contributed by atoms with E-state index in [-0.39, 0.29) is 24.3 Å². The summed E-state index contributed by atoms with van der Waals surface area (Å²) in [4.78, 5) is 34.1. The number of carbonyl (C=O) groups excluding carboxylic acids is 2. The van der Waals surface area contributed by atoms with Crippen molar-refractivity contribution in [1.82, 2.24) is 19.3 Å². The van der Waals surface area contributed by atoms with Crippen LogP contribution in [0.4, 0.5) is 0 Å². The molecule has 0 spiro atoms. The van der Waals surface area contributed by atoms with E-state index in [0.29, 0.717) is 15.9 Å². The van der Waals surface area contributed by atoms with E-state index >= 15 is 0 Å². The van der Waals surface area contributed by atoms with E-state index < -0.39 is 15.9 Å². The first-order valence-electron chi connectivity index (χ1n) is 11.4. The van der Waals surface area contributed by atoms with E-state index in [0.717, 1.165) is 32.6 Å². The number of hydrogen-bond acceptors (Lipinski definition) is 7. The summed E-state index contributed by atoms with van der Waals surface area (Å²) in [6.45, 7) is -0.191. The first kappa shape index (κ1) is 24.5. The number of Topliss-reactive ketones (excluding diaryl/α,β-unsaturated/α-hetero) is 1. The first-order chi connectivity index (χ1) is 17.8. The van der Waals surface area contributed by atoms with E-state index in [9.17, 15) is 18.0 Å². The molecule has 0 saturated carbocycles. The number of nitrogens with zero attached hydrogens (tertiary/aromatic N) is 3. The number of ketones is 1. The Morgan fingerprint density at radius 3 is 2.51 bits per heavy atom. The second kappa shape index (κ2) is 10.1. The molecule has 0 atom stereocenters. The van der Waals surface area contributed by atoms with Gasteiger partial charge in [0, 0.05) is 34.9 Å². The lowest BCUT2D eigenvalue weighted by atomic mass is 10.0. The van der Waals surface area contributed by atoms with Crippen molar-refractivity contribution >= 4 is 44.0 Å². The average Bonchev–Trinajstić information content (AvgIpc) is 3.53. The number of thiazole rings is 1. The third-order valence-electron chi connectivity index (χ3n) is 5.80. The van der Waals surface area contributed by atoms with Crippen molar-refractivity contribution < 1.29 is 18.0 Å². The molecule has 186 valence electrons. The number of benzene rings is 2. The third-order valence-corrected chi connectivity index (χ3v) is 7.66. The number of fused-ring (bicyclic) bond motifs is 1. The largest absolute Gasteiger partial charge is 0.345 e. The van der Waals surface area contributed by atoms with Crippen molar-refractivity contribution in [3.8, 4) is 22.4 Å². The van der Waals surface area contributed by atoms with Crippen molar-refractivity contribution in [2.45, 2.75) is 6.42 Å². The maximum absolute atomic E-state index is 12.8. The third kappa shape index (κ3) is 5.35. The predicted molar refractivity (Wildman–Crippen MR) is 144 cm³/mol. The van der Waals surface area contributed by atoms with E-state index in [1.165, 1.54) is 17.5 Å². The number of hydrogen-bond donors (Lipinski definition) is 1. The summed E-state index contributed by atoms with van der Waals surface area (Å²) >= 11 is 1.39. The zero-order valence-electron chi connectivity index (χ0n) is 19.8. The van der Waals surface area contributed by atoms with Crippen LogP contribution in [0, 0.1) is 0 Å². The highest BCUT2D eigenvalue weighted by Crippen LogP contribution is 2.27. The smallest absolute Gasteiger partial charge is 0.253 e. The highest BCUT2D eigenvalue weighted by molar-refractivity contribution is 7.89. The number of aromatic nitrogens is 3. The SMILES string of the molecule is CS(=O)(=O)n1cc(C(=O)NCC(=O)Cc2nc(-c3cccc(-c4ccncc4)c3)cs2)c2ccccc21. The Labute approximate surface area is 217 Å². The van der Waals surface area contributed by atoms with Gasteiger partial charge in [-0.3, -0.25) is 14.6 Å². The van der Waals surface area contributed by atoms with Crippen LogP contribution in [0.1, 0.15) is 15.4 Å². The second-order valence-corrected chi connectivity index (χ2v) is 11.3. The number of para-hydroxylation sites is 1. The lowest BCUT2D eigenvalue weighted by molar-refractivity contribution is -0.117. The molecule has 1 amide bonds. The minimum absolute atomic E-state index is 0.0834. The fraction of sp³-hybridized carbons (Fsp3) is 0.111. The summed E-state index contributed by atoms with van der Waals surface area (Å²) in [5, 5.41) is 5.67. The first-order valence-corrected chi connectivity index (χ1v) is 14.1. The van der Waals surface area contributed by atoms with Gasteiger partial charge in [0.25, 0.3) is 5.91 Å². The molecule has 0 aliphatic heterocycles. The molecular formula is C27H22N4O4S2.